The summed E-state index contributed by atoms with van der Waals surface area (Å²) >= 11 is 5.99. The minimum atomic E-state index is -4.21. The van der Waals surface area contributed by atoms with E-state index in [2.05, 4.69) is 9.71 Å². The van der Waals surface area contributed by atoms with Gasteiger partial charge in [0.25, 0.3) is 21.3 Å². The second-order valence-corrected chi connectivity index (χ2v) is 9.35. The Kier molecular flexibility index (Phi) is 5.64. The van der Waals surface area contributed by atoms with Crippen LogP contribution >= 0.6 is 11.6 Å². The second kappa shape index (κ2) is 8.30. The zero-order valence-electron chi connectivity index (χ0n) is 17.4. The zero-order chi connectivity index (χ0) is 23.9. The van der Waals surface area contributed by atoms with Crippen LogP contribution in [-0.2, 0) is 10.0 Å². The lowest BCUT2D eigenvalue weighted by Gasteiger charge is -2.15. The standard InChI is InChI=1S/C22H17ClN4O5S/c1-13-11-15(26-14(2)24-20-6-4-3-5-17(20)22(26)28)8-10-19(13)25-33(31,32)21-12-16(27(29)30)7-9-18(21)23/h3-12,25H,1-2H3. The van der Waals surface area contributed by atoms with Gasteiger partial charge in [-0.15, -0.1) is 0 Å². The summed E-state index contributed by atoms with van der Waals surface area (Å²) in [6.45, 7) is 3.38. The molecule has 0 aliphatic heterocycles. The molecular formula is C22H17ClN4O5S. The van der Waals surface area contributed by atoms with Gasteiger partial charge >= 0.3 is 0 Å². The van der Waals surface area contributed by atoms with Crippen LogP contribution in [0.4, 0.5) is 11.4 Å². The van der Waals surface area contributed by atoms with E-state index in [-0.39, 0.29) is 16.3 Å². The van der Waals surface area contributed by atoms with Gasteiger partial charge in [-0.1, -0.05) is 23.7 Å². The quantitative estimate of drug-likeness (QED) is 0.331. The van der Waals surface area contributed by atoms with Crippen molar-refractivity contribution in [2.45, 2.75) is 18.7 Å². The number of aromatic nitrogens is 2. The number of fused-ring (bicyclic) bond motifs is 1. The minimum Gasteiger partial charge on any atom is -0.279 e. The van der Waals surface area contributed by atoms with Crippen LogP contribution < -0.4 is 10.3 Å². The molecule has 1 heterocycles. The van der Waals surface area contributed by atoms with Gasteiger partial charge in [-0.3, -0.25) is 24.2 Å². The second-order valence-electron chi connectivity index (χ2n) is 7.29. The largest absolute Gasteiger partial charge is 0.279 e. The summed E-state index contributed by atoms with van der Waals surface area (Å²) in [4.78, 5) is 27.4. The molecule has 0 fully saturated rings. The van der Waals surface area contributed by atoms with Crippen molar-refractivity contribution in [2.75, 3.05) is 4.72 Å². The molecule has 0 aliphatic carbocycles. The topological polar surface area (TPSA) is 124 Å². The molecule has 0 saturated heterocycles. The molecule has 4 aromatic rings. The Hall–Kier alpha value is -3.76. The van der Waals surface area contributed by atoms with Crippen molar-refractivity contribution < 1.29 is 13.3 Å². The van der Waals surface area contributed by atoms with Gasteiger partial charge in [-0.05, 0) is 55.8 Å². The smallest absolute Gasteiger partial charge is 0.270 e. The Morgan fingerprint density at radius 1 is 1.06 bits per heavy atom. The van der Waals surface area contributed by atoms with Crippen LogP contribution in [0, 0.1) is 24.0 Å². The minimum absolute atomic E-state index is 0.146. The first-order chi connectivity index (χ1) is 15.6. The third-order valence-electron chi connectivity index (χ3n) is 5.07. The fraction of sp³-hybridized carbons (Fsp3) is 0.0909. The maximum absolute atomic E-state index is 13.0. The van der Waals surface area contributed by atoms with Crippen molar-refractivity contribution in [3.63, 3.8) is 0 Å². The van der Waals surface area contributed by atoms with Gasteiger partial charge in [-0.25, -0.2) is 13.4 Å². The maximum Gasteiger partial charge on any atom is 0.270 e. The van der Waals surface area contributed by atoms with Gasteiger partial charge in [0.05, 0.1) is 32.2 Å². The van der Waals surface area contributed by atoms with Crippen LogP contribution in [0.5, 0.6) is 0 Å². The molecule has 1 aromatic heterocycles. The fourth-order valence-corrected chi connectivity index (χ4v) is 5.11. The van der Waals surface area contributed by atoms with Gasteiger partial charge in [0.2, 0.25) is 0 Å². The molecule has 9 nitrogen and oxygen atoms in total. The van der Waals surface area contributed by atoms with Gasteiger partial charge in [0.15, 0.2) is 0 Å². The molecule has 0 radical (unpaired) electrons. The summed E-state index contributed by atoms with van der Waals surface area (Å²) in [5, 5.41) is 11.3. The average molecular weight is 485 g/mol. The van der Waals surface area contributed by atoms with E-state index in [0.717, 1.165) is 18.2 Å². The number of non-ortho nitro benzene ring substituents is 1. The molecular weight excluding hydrogens is 468 g/mol. The van der Waals surface area contributed by atoms with Gasteiger partial charge < -0.3 is 0 Å². The number of nitro groups is 1. The monoisotopic (exact) mass is 484 g/mol. The molecule has 168 valence electrons. The zero-order valence-corrected chi connectivity index (χ0v) is 19.0. The number of sulfonamides is 1. The highest BCUT2D eigenvalue weighted by atomic mass is 35.5. The molecule has 0 amide bonds. The van der Waals surface area contributed by atoms with Gasteiger partial charge in [-0.2, -0.15) is 0 Å². The van der Waals surface area contributed by atoms with Gasteiger partial charge in [0.1, 0.15) is 10.7 Å². The molecule has 11 heteroatoms. The molecule has 0 aliphatic rings. The number of hydrogen-bond acceptors (Lipinski definition) is 6. The lowest BCUT2D eigenvalue weighted by atomic mass is 10.1. The Balaban J connectivity index is 1.74. The summed E-state index contributed by atoms with van der Waals surface area (Å²) in [7, 11) is -4.21. The number of para-hydroxylation sites is 1. The predicted molar refractivity (Wildman–Crippen MR) is 126 cm³/mol. The highest BCUT2D eigenvalue weighted by Gasteiger charge is 2.22. The van der Waals surface area contributed by atoms with E-state index in [1.807, 2.05) is 0 Å². The summed E-state index contributed by atoms with van der Waals surface area (Å²) in [6.07, 6.45) is 0. The van der Waals surface area contributed by atoms with E-state index in [9.17, 15) is 23.3 Å². The first-order valence-corrected chi connectivity index (χ1v) is 11.5. The summed E-state index contributed by atoms with van der Waals surface area (Å²) in [5.41, 5.74) is 1.23. The van der Waals surface area contributed by atoms with E-state index >= 15 is 0 Å². The highest BCUT2D eigenvalue weighted by Crippen LogP contribution is 2.29. The lowest BCUT2D eigenvalue weighted by molar-refractivity contribution is -0.385. The number of benzene rings is 3. The molecule has 0 spiro atoms. The number of nitro benzene ring substituents is 1. The van der Waals surface area contributed by atoms with E-state index < -0.39 is 25.5 Å². The molecule has 1 N–H and O–H groups in total. The van der Waals surface area contributed by atoms with E-state index in [4.69, 9.17) is 11.6 Å². The molecule has 3 aromatic carbocycles. The Morgan fingerprint density at radius 3 is 2.48 bits per heavy atom. The normalized spacial score (nSPS) is 11.5. The Morgan fingerprint density at radius 2 is 1.79 bits per heavy atom. The van der Waals surface area contributed by atoms with Crippen molar-refractivity contribution in [1.29, 1.82) is 0 Å². The lowest BCUT2D eigenvalue weighted by Crippen LogP contribution is -2.22. The van der Waals surface area contributed by atoms with Crippen LogP contribution in [0.25, 0.3) is 16.6 Å². The van der Waals surface area contributed by atoms with Crippen LogP contribution in [0.15, 0.2) is 70.4 Å². The molecule has 33 heavy (non-hydrogen) atoms. The van der Waals surface area contributed by atoms with E-state index in [1.54, 1.807) is 50.2 Å². The third kappa shape index (κ3) is 4.18. The van der Waals surface area contributed by atoms with E-state index in [1.165, 1.54) is 10.6 Å². The van der Waals surface area contributed by atoms with Crippen molar-refractivity contribution in [2.24, 2.45) is 0 Å². The number of halogens is 1. The summed E-state index contributed by atoms with van der Waals surface area (Å²) in [5.74, 6) is 0.481. The number of anilines is 1. The van der Waals surface area contributed by atoms with Crippen molar-refractivity contribution in [1.82, 2.24) is 9.55 Å². The van der Waals surface area contributed by atoms with Gasteiger partial charge in [0, 0.05) is 12.1 Å². The fourth-order valence-electron chi connectivity index (χ4n) is 3.46. The first kappa shape index (κ1) is 22.4. The van der Waals surface area contributed by atoms with Crippen LogP contribution in [0.2, 0.25) is 5.02 Å². The first-order valence-electron chi connectivity index (χ1n) is 9.64. The molecule has 4 rings (SSSR count). The molecule has 0 atom stereocenters. The molecule has 0 unspecified atom stereocenters. The van der Waals surface area contributed by atoms with Crippen LogP contribution in [0.3, 0.4) is 0 Å². The maximum atomic E-state index is 13.0. The predicted octanol–water partition coefficient (Wildman–Crippen LogP) is 4.36. The summed E-state index contributed by atoms with van der Waals surface area (Å²) < 4.78 is 29.6. The average Bonchev–Trinajstić information content (AvgIpc) is 2.75. The van der Waals surface area contributed by atoms with Crippen molar-refractivity contribution in [3.8, 4) is 5.69 Å². The Labute approximate surface area is 193 Å². The highest BCUT2D eigenvalue weighted by molar-refractivity contribution is 7.92. The molecule has 0 bridgehead atoms. The SMILES string of the molecule is Cc1cc(-n2c(C)nc3ccccc3c2=O)ccc1NS(=O)(=O)c1cc([N+](=O)[O-])ccc1Cl. The van der Waals surface area contributed by atoms with E-state index in [0.29, 0.717) is 28.0 Å². The number of nitrogens with zero attached hydrogens (tertiary/aromatic N) is 3. The number of hydrogen-bond donors (Lipinski definition) is 1. The Bertz CT molecular complexity index is 1600. The number of nitrogens with one attached hydrogen (secondary N) is 1. The number of rotatable bonds is 5. The van der Waals surface area contributed by atoms with Crippen molar-refractivity contribution in [3.05, 3.63) is 97.5 Å². The molecule has 0 saturated carbocycles. The summed E-state index contributed by atoms with van der Waals surface area (Å²) in [6, 6.07) is 14.9. The van der Waals surface area contributed by atoms with Crippen LogP contribution in [-0.4, -0.2) is 22.9 Å². The van der Waals surface area contributed by atoms with Crippen molar-refractivity contribution >= 4 is 43.9 Å². The van der Waals surface area contributed by atoms with Crippen LogP contribution in [0.1, 0.15) is 11.4 Å². The third-order valence-corrected chi connectivity index (χ3v) is 6.92. The number of aryl methyl sites for hydroxylation is 2.